The van der Waals surface area contributed by atoms with Crippen LogP contribution in [0.15, 0.2) is 30.7 Å². The minimum Gasteiger partial charge on any atom is -0.310 e. The largest absolute Gasteiger partial charge is 0.310 e. The first kappa shape index (κ1) is 13.0. The summed E-state index contributed by atoms with van der Waals surface area (Å²) in [5.74, 6) is -3.69. The molecule has 98 valence electrons. The smallest absolute Gasteiger partial charge is 0.230 e. The zero-order chi connectivity index (χ0) is 13.8. The van der Waals surface area contributed by atoms with E-state index in [-0.39, 0.29) is 5.82 Å². The Kier molecular flexibility index (Phi) is 3.74. The molecule has 1 amide bonds. The van der Waals surface area contributed by atoms with Crippen molar-refractivity contribution in [1.29, 1.82) is 0 Å². The molecule has 1 heterocycles. The van der Waals surface area contributed by atoms with Crippen molar-refractivity contribution in [3.05, 3.63) is 53.7 Å². The van der Waals surface area contributed by atoms with Crippen LogP contribution >= 0.6 is 0 Å². The highest BCUT2D eigenvalue weighted by molar-refractivity contribution is 5.91. The quantitative estimate of drug-likeness (QED) is 0.926. The van der Waals surface area contributed by atoms with Crippen LogP contribution in [0.5, 0.6) is 0 Å². The molecular formula is C12H8F3N3O. The SMILES string of the molecule is O=C(Cc1c(F)cc(F)cc1F)Nc1ccncn1. The highest BCUT2D eigenvalue weighted by Gasteiger charge is 2.15. The summed E-state index contributed by atoms with van der Waals surface area (Å²) in [6, 6.07) is 2.47. The van der Waals surface area contributed by atoms with Gasteiger partial charge in [0.25, 0.3) is 0 Å². The lowest BCUT2D eigenvalue weighted by molar-refractivity contribution is -0.115. The monoisotopic (exact) mass is 267 g/mol. The Morgan fingerprint density at radius 2 is 1.89 bits per heavy atom. The molecule has 0 fully saturated rings. The summed E-state index contributed by atoms with van der Waals surface area (Å²) >= 11 is 0. The maximum absolute atomic E-state index is 13.3. The lowest BCUT2D eigenvalue weighted by Gasteiger charge is -2.06. The Labute approximate surface area is 106 Å². The summed E-state index contributed by atoms with van der Waals surface area (Å²) < 4.78 is 39.3. The number of hydrogen-bond donors (Lipinski definition) is 1. The maximum atomic E-state index is 13.3. The topological polar surface area (TPSA) is 54.9 Å². The van der Waals surface area contributed by atoms with Crippen LogP contribution in [0.2, 0.25) is 0 Å². The fourth-order valence-electron chi connectivity index (χ4n) is 1.45. The zero-order valence-corrected chi connectivity index (χ0v) is 9.53. The summed E-state index contributed by atoms with van der Waals surface area (Å²) in [6.45, 7) is 0. The number of aromatic nitrogens is 2. The lowest BCUT2D eigenvalue weighted by atomic mass is 10.1. The molecule has 1 aromatic carbocycles. The van der Waals surface area contributed by atoms with E-state index in [1.807, 2.05) is 0 Å². The molecule has 1 N–H and O–H groups in total. The van der Waals surface area contributed by atoms with Crippen LogP contribution in [-0.2, 0) is 11.2 Å². The Morgan fingerprint density at radius 1 is 1.21 bits per heavy atom. The van der Waals surface area contributed by atoms with Gasteiger partial charge in [0.15, 0.2) is 0 Å². The first-order valence-electron chi connectivity index (χ1n) is 5.25. The number of halogens is 3. The van der Waals surface area contributed by atoms with Gasteiger partial charge in [-0.15, -0.1) is 0 Å². The second-order valence-electron chi connectivity index (χ2n) is 3.67. The summed E-state index contributed by atoms with van der Waals surface area (Å²) in [5, 5.41) is 2.34. The van der Waals surface area contributed by atoms with Crippen molar-refractivity contribution in [2.24, 2.45) is 0 Å². The maximum Gasteiger partial charge on any atom is 0.230 e. The van der Waals surface area contributed by atoms with Crippen LogP contribution in [0.1, 0.15) is 5.56 Å². The number of carbonyl (C=O) groups is 1. The minimum absolute atomic E-state index is 0.211. The van der Waals surface area contributed by atoms with Crippen molar-refractivity contribution in [2.75, 3.05) is 5.32 Å². The molecule has 0 aliphatic heterocycles. The Morgan fingerprint density at radius 3 is 2.47 bits per heavy atom. The first-order valence-corrected chi connectivity index (χ1v) is 5.25. The second-order valence-corrected chi connectivity index (χ2v) is 3.67. The highest BCUT2D eigenvalue weighted by Crippen LogP contribution is 2.15. The fraction of sp³-hybridized carbons (Fsp3) is 0.0833. The van der Waals surface area contributed by atoms with Gasteiger partial charge in [-0.1, -0.05) is 0 Å². The number of nitrogens with zero attached hydrogens (tertiary/aromatic N) is 2. The van der Waals surface area contributed by atoms with E-state index in [4.69, 9.17) is 0 Å². The van der Waals surface area contributed by atoms with E-state index in [0.717, 1.165) is 0 Å². The predicted molar refractivity (Wildman–Crippen MR) is 60.7 cm³/mol. The van der Waals surface area contributed by atoms with Crippen LogP contribution in [0, 0.1) is 17.5 Å². The van der Waals surface area contributed by atoms with E-state index < -0.39 is 35.3 Å². The lowest BCUT2D eigenvalue weighted by Crippen LogP contribution is -2.17. The number of hydrogen-bond acceptors (Lipinski definition) is 3. The molecule has 0 aliphatic carbocycles. The van der Waals surface area contributed by atoms with Gasteiger partial charge in [-0.25, -0.2) is 23.1 Å². The van der Waals surface area contributed by atoms with E-state index in [2.05, 4.69) is 15.3 Å². The molecule has 0 radical (unpaired) electrons. The van der Waals surface area contributed by atoms with Gasteiger partial charge >= 0.3 is 0 Å². The molecule has 0 unspecified atom stereocenters. The number of carbonyl (C=O) groups excluding carboxylic acids is 1. The summed E-state index contributed by atoms with van der Waals surface area (Å²) in [6.07, 6.45) is 2.07. The second kappa shape index (κ2) is 5.47. The van der Waals surface area contributed by atoms with Crippen LogP contribution in [-0.4, -0.2) is 15.9 Å². The number of benzene rings is 1. The van der Waals surface area contributed by atoms with Crippen molar-refractivity contribution >= 4 is 11.7 Å². The number of anilines is 1. The molecule has 0 saturated heterocycles. The Hall–Kier alpha value is -2.44. The summed E-state index contributed by atoms with van der Waals surface area (Å²) in [5.41, 5.74) is -0.493. The average molecular weight is 267 g/mol. The fourth-order valence-corrected chi connectivity index (χ4v) is 1.45. The molecule has 1 aromatic heterocycles. The first-order chi connectivity index (χ1) is 9.06. The van der Waals surface area contributed by atoms with Gasteiger partial charge in [-0.2, -0.15) is 0 Å². The van der Waals surface area contributed by atoms with E-state index in [1.165, 1.54) is 18.6 Å². The molecule has 0 spiro atoms. The zero-order valence-electron chi connectivity index (χ0n) is 9.53. The predicted octanol–water partition coefficient (Wildman–Crippen LogP) is 2.08. The van der Waals surface area contributed by atoms with Gasteiger partial charge in [0.1, 0.15) is 29.6 Å². The van der Waals surface area contributed by atoms with Gasteiger partial charge in [-0.05, 0) is 6.07 Å². The Balaban J connectivity index is 2.12. The normalized spacial score (nSPS) is 10.3. The molecule has 19 heavy (non-hydrogen) atoms. The molecule has 7 heteroatoms. The molecular weight excluding hydrogens is 259 g/mol. The number of amides is 1. The van der Waals surface area contributed by atoms with Crippen molar-refractivity contribution in [3.63, 3.8) is 0 Å². The summed E-state index contributed by atoms with van der Waals surface area (Å²) in [4.78, 5) is 19.0. The van der Waals surface area contributed by atoms with E-state index in [9.17, 15) is 18.0 Å². The van der Waals surface area contributed by atoms with Crippen LogP contribution in [0.4, 0.5) is 19.0 Å². The van der Waals surface area contributed by atoms with Crippen molar-refractivity contribution in [3.8, 4) is 0 Å². The van der Waals surface area contributed by atoms with Crippen molar-refractivity contribution in [2.45, 2.75) is 6.42 Å². The molecule has 4 nitrogen and oxygen atoms in total. The van der Waals surface area contributed by atoms with Crippen LogP contribution < -0.4 is 5.32 Å². The van der Waals surface area contributed by atoms with Crippen LogP contribution in [0.3, 0.4) is 0 Å². The molecule has 0 aliphatic rings. The van der Waals surface area contributed by atoms with E-state index in [0.29, 0.717) is 12.1 Å². The standard InChI is InChI=1S/C12H8F3N3O/c13-7-3-9(14)8(10(15)4-7)5-12(19)18-11-1-2-16-6-17-11/h1-4,6H,5H2,(H,16,17,18,19). The number of rotatable bonds is 3. The molecule has 0 saturated carbocycles. The molecule has 2 rings (SSSR count). The van der Waals surface area contributed by atoms with Gasteiger partial charge in [0, 0.05) is 23.9 Å². The third kappa shape index (κ3) is 3.27. The van der Waals surface area contributed by atoms with Crippen molar-refractivity contribution < 1.29 is 18.0 Å². The molecule has 0 bridgehead atoms. The molecule has 0 atom stereocenters. The van der Waals surface area contributed by atoms with E-state index >= 15 is 0 Å². The van der Waals surface area contributed by atoms with Crippen molar-refractivity contribution in [1.82, 2.24) is 9.97 Å². The van der Waals surface area contributed by atoms with Gasteiger partial charge in [0.05, 0.1) is 6.42 Å². The third-order valence-corrected chi connectivity index (χ3v) is 2.29. The Bertz CT molecular complexity index is 581. The van der Waals surface area contributed by atoms with E-state index in [1.54, 1.807) is 0 Å². The van der Waals surface area contributed by atoms with Gasteiger partial charge in [-0.3, -0.25) is 4.79 Å². The van der Waals surface area contributed by atoms with Gasteiger partial charge < -0.3 is 5.32 Å². The number of nitrogens with one attached hydrogen (secondary N) is 1. The van der Waals surface area contributed by atoms with Gasteiger partial charge in [0.2, 0.25) is 5.91 Å². The average Bonchev–Trinajstić information content (AvgIpc) is 2.35. The molecule has 2 aromatic rings. The third-order valence-electron chi connectivity index (χ3n) is 2.29. The summed E-state index contributed by atoms with van der Waals surface area (Å²) in [7, 11) is 0. The minimum atomic E-state index is -1.10. The highest BCUT2D eigenvalue weighted by atomic mass is 19.1. The van der Waals surface area contributed by atoms with Crippen LogP contribution in [0.25, 0.3) is 0 Å².